The van der Waals surface area contributed by atoms with E-state index in [9.17, 15) is 18.0 Å². The number of thioether (sulfide) groups is 1. The summed E-state index contributed by atoms with van der Waals surface area (Å²) in [4.78, 5) is 14.5. The highest BCUT2D eigenvalue weighted by Gasteiger charge is 2.34. The number of rotatable bonds is 4. The second kappa shape index (κ2) is 8.14. The molecule has 2 aromatic rings. The average molecular weight is 460 g/mol. The van der Waals surface area contributed by atoms with Crippen molar-refractivity contribution >= 4 is 33.6 Å². The number of carbonyl (C=O) groups is 1. The van der Waals surface area contributed by atoms with Gasteiger partial charge in [0.05, 0.1) is 19.1 Å². The van der Waals surface area contributed by atoms with Gasteiger partial charge in [0.1, 0.15) is 11.1 Å². The molecule has 0 aromatic heterocycles. The van der Waals surface area contributed by atoms with Crippen molar-refractivity contribution in [1.82, 2.24) is 4.90 Å². The lowest BCUT2D eigenvalue weighted by atomic mass is 10.1. The van der Waals surface area contributed by atoms with Crippen LogP contribution in [-0.4, -0.2) is 30.2 Å². The summed E-state index contributed by atoms with van der Waals surface area (Å²) < 4.78 is 45.0. The van der Waals surface area contributed by atoms with Crippen LogP contribution >= 0.6 is 27.7 Å². The molecule has 0 N–H and O–H groups in total. The average Bonchev–Trinajstić information content (AvgIpc) is 3.11. The van der Waals surface area contributed by atoms with Crippen molar-refractivity contribution in [3.63, 3.8) is 0 Å². The standard InChI is InChI=1S/C19H17BrF3NO2S/c1-26-16-6-5-14(20)11-15(16)18-24(7-8-27-18)17(25)10-12-3-2-4-13(9-12)19(21,22)23/h2-6,9,11,18H,7-8,10H2,1H3. The van der Waals surface area contributed by atoms with Crippen molar-refractivity contribution < 1.29 is 22.7 Å². The molecule has 3 rings (SSSR count). The first kappa shape index (κ1) is 20.1. The van der Waals surface area contributed by atoms with E-state index in [0.717, 1.165) is 27.9 Å². The van der Waals surface area contributed by atoms with E-state index in [1.807, 2.05) is 18.2 Å². The first-order valence-electron chi connectivity index (χ1n) is 8.20. The Bertz CT molecular complexity index is 844. The highest BCUT2D eigenvalue weighted by atomic mass is 79.9. The number of halogens is 4. The largest absolute Gasteiger partial charge is 0.496 e. The molecule has 3 nitrogen and oxygen atoms in total. The van der Waals surface area contributed by atoms with Gasteiger partial charge in [0.25, 0.3) is 0 Å². The van der Waals surface area contributed by atoms with E-state index in [2.05, 4.69) is 15.9 Å². The highest BCUT2D eigenvalue weighted by Crippen LogP contribution is 2.43. The maximum Gasteiger partial charge on any atom is 0.416 e. The molecule has 1 heterocycles. The second-order valence-corrected chi connectivity index (χ2v) is 8.18. The monoisotopic (exact) mass is 459 g/mol. The van der Waals surface area contributed by atoms with E-state index >= 15 is 0 Å². The topological polar surface area (TPSA) is 29.5 Å². The third kappa shape index (κ3) is 4.60. The van der Waals surface area contributed by atoms with Gasteiger partial charge in [0.2, 0.25) is 5.91 Å². The fourth-order valence-corrected chi connectivity index (χ4v) is 4.69. The van der Waals surface area contributed by atoms with Crippen molar-refractivity contribution in [2.75, 3.05) is 19.4 Å². The minimum atomic E-state index is -4.42. The fraction of sp³-hybridized carbons (Fsp3) is 0.316. The van der Waals surface area contributed by atoms with Gasteiger partial charge in [-0.3, -0.25) is 4.79 Å². The fourth-order valence-electron chi connectivity index (χ4n) is 3.02. The van der Waals surface area contributed by atoms with Crippen molar-refractivity contribution in [1.29, 1.82) is 0 Å². The van der Waals surface area contributed by atoms with Gasteiger partial charge in [-0.15, -0.1) is 11.8 Å². The molecule has 1 saturated heterocycles. The van der Waals surface area contributed by atoms with Crippen LogP contribution < -0.4 is 4.74 Å². The van der Waals surface area contributed by atoms with Crippen LogP contribution in [0.1, 0.15) is 22.1 Å². The molecule has 0 radical (unpaired) electrons. The van der Waals surface area contributed by atoms with Crippen molar-refractivity contribution in [3.8, 4) is 5.75 Å². The van der Waals surface area contributed by atoms with Gasteiger partial charge in [-0.05, 0) is 29.8 Å². The van der Waals surface area contributed by atoms with Gasteiger partial charge in [-0.2, -0.15) is 13.2 Å². The first-order valence-corrected chi connectivity index (χ1v) is 10.0. The molecule has 0 bridgehead atoms. The molecule has 8 heteroatoms. The van der Waals surface area contributed by atoms with Gasteiger partial charge in [0.15, 0.2) is 0 Å². The molecule has 144 valence electrons. The number of methoxy groups -OCH3 is 1. The van der Waals surface area contributed by atoms with E-state index < -0.39 is 11.7 Å². The molecule has 1 fully saturated rings. The lowest BCUT2D eigenvalue weighted by Gasteiger charge is -2.26. The van der Waals surface area contributed by atoms with E-state index in [0.29, 0.717) is 17.9 Å². The highest BCUT2D eigenvalue weighted by molar-refractivity contribution is 9.10. The van der Waals surface area contributed by atoms with Gasteiger partial charge in [-0.25, -0.2) is 0 Å². The minimum absolute atomic E-state index is 0.0721. The zero-order valence-corrected chi connectivity index (χ0v) is 16.8. The van der Waals surface area contributed by atoms with Crippen molar-refractivity contribution in [2.24, 2.45) is 0 Å². The Labute approximate surface area is 168 Å². The van der Waals surface area contributed by atoms with E-state index in [1.165, 1.54) is 6.07 Å². The predicted molar refractivity (Wildman–Crippen MR) is 103 cm³/mol. The van der Waals surface area contributed by atoms with Crippen LogP contribution in [0.4, 0.5) is 13.2 Å². The maximum atomic E-state index is 12.9. The zero-order valence-electron chi connectivity index (χ0n) is 14.4. The predicted octanol–water partition coefficient (Wildman–Crippen LogP) is 5.29. The molecule has 1 atom stereocenters. The Morgan fingerprint density at radius 2 is 2.07 bits per heavy atom. The van der Waals surface area contributed by atoms with Gasteiger partial charge in [-0.1, -0.05) is 34.1 Å². The number of hydrogen-bond acceptors (Lipinski definition) is 3. The lowest BCUT2D eigenvalue weighted by Crippen LogP contribution is -2.32. The number of carbonyl (C=O) groups excluding carboxylic acids is 1. The summed E-state index contributed by atoms with van der Waals surface area (Å²) in [5, 5.41) is -0.226. The smallest absolute Gasteiger partial charge is 0.416 e. The molecular weight excluding hydrogens is 443 g/mol. The van der Waals surface area contributed by atoms with Crippen LogP contribution in [0, 0.1) is 0 Å². The van der Waals surface area contributed by atoms with E-state index in [-0.39, 0.29) is 17.7 Å². The van der Waals surface area contributed by atoms with Crippen LogP contribution in [0.15, 0.2) is 46.9 Å². The van der Waals surface area contributed by atoms with Crippen LogP contribution in [0.25, 0.3) is 0 Å². The summed E-state index contributed by atoms with van der Waals surface area (Å²) in [5.41, 5.74) is 0.479. The Kier molecular flexibility index (Phi) is 6.05. The third-order valence-electron chi connectivity index (χ3n) is 4.28. The zero-order chi connectivity index (χ0) is 19.6. The summed E-state index contributed by atoms with van der Waals surface area (Å²) in [7, 11) is 1.57. The Balaban J connectivity index is 1.82. The lowest BCUT2D eigenvalue weighted by molar-refractivity contribution is -0.138. The number of amides is 1. The summed E-state index contributed by atoms with van der Waals surface area (Å²) in [5.74, 6) is 1.23. The van der Waals surface area contributed by atoms with E-state index in [1.54, 1.807) is 29.8 Å². The molecule has 0 aliphatic carbocycles. The third-order valence-corrected chi connectivity index (χ3v) is 6.01. The molecule has 2 aromatic carbocycles. The normalized spacial score (nSPS) is 17.2. The van der Waals surface area contributed by atoms with Gasteiger partial charge < -0.3 is 9.64 Å². The second-order valence-electron chi connectivity index (χ2n) is 6.07. The molecular formula is C19H17BrF3NO2S. The Morgan fingerprint density at radius 1 is 1.30 bits per heavy atom. The Morgan fingerprint density at radius 3 is 2.78 bits per heavy atom. The molecule has 1 aliphatic heterocycles. The molecule has 1 aliphatic rings. The van der Waals surface area contributed by atoms with Crippen molar-refractivity contribution in [2.45, 2.75) is 18.0 Å². The van der Waals surface area contributed by atoms with Crippen LogP contribution in [0.3, 0.4) is 0 Å². The molecule has 0 saturated carbocycles. The van der Waals surface area contributed by atoms with Gasteiger partial charge >= 0.3 is 6.18 Å². The first-order chi connectivity index (χ1) is 12.8. The van der Waals surface area contributed by atoms with E-state index in [4.69, 9.17) is 4.74 Å². The SMILES string of the molecule is COc1ccc(Br)cc1C1SCCN1C(=O)Cc1cccc(C(F)(F)F)c1. The number of benzene rings is 2. The number of hydrogen-bond donors (Lipinski definition) is 0. The molecule has 27 heavy (non-hydrogen) atoms. The van der Waals surface area contributed by atoms with Crippen LogP contribution in [-0.2, 0) is 17.4 Å². The molecule has 0 spiro atoms. The number of nitrogens with zero attached hydrogens (tertiary/aromatic N) is 1. The summed E-state index contributed by atoms with van der Waals surface area (Å²) in [6.45, 7) is 0.544. The number of ether oxygens (including phenoxy) is 1. The minimum Gasteiger partial charge on any atom is -0.496 e. The maximum absolute atomic E-state index is 12.9. The Hall–Kier alpha value is -1.67. The quantitative estimate of drug-likeness (QED) is 0.621. The number of alkyl halides is 3. The van der Waals surface area contributed by atoms with Crippen molar-refractivity contribution in [3.05, 3.63) is 63.6 Å². The van der Waals surface area contributed by atoms with Gasteiger partial charge in [0, 0.05) is 22.3 Å². The summed E-state index contributed by atoms with van der Waals surface area (Å²) >= 11 is 5.05. The summed E-state index contributed by atoms with van der Waals surface area (Å²) in [6, 6.07) is 10.5. The molecule has 1 amide bonds. The van der Waals surface area contributed by atoms with Crippen LogP contribution in [0.2, 0.25) is 0 Å². The van der Waals surface area contributed by atoms with Crippen LogP contribution in [0.5, 0.6) is 5.75 Å². The summed E-state index contributed by atoms with van der Waals surface area (Å²) in [6.07, 6.45) is -4.49. The molecule has 1 unspecified atom stereocenters.